The van der Waals surface area contributed by atoms with Gasteiger partial charge >= 0.3 is 12.4 Å². The molecule has 22 heavy (non-hydrogen) atoms. The molecule has 124 valence electrons. The zero-order valence-corrected chi connectivity index (χ0v) is 11.7. The number of aliphatic hydroxyl groups is 2. The third-order valence-corrected chi connectivity index (χ3v) is 3.52. The number of halogens is 6. The lowest BCUT2D eigenvalue weighted by Crippen LogP contribution is -2.30. The largest absolute Gasteiger partial charge is 0.418 e. The van der Waals surface area contributed by atoms with E-state index in [0.717, 1.165) is 0 Å². The van der Waals surface area contributed by atoms with E-state index >= 15 is 0 Å². The number of aliphatic hydroxyl groups excluding tert-OH is 2. The number of hydrogen-bond acceptors (Lipinski definition) is 3. The summed E-state index contributed by atoms with van der Waals surface area (Å²) in [6, 6.07) is 7.71. The van der Waals surface area contributed by atoms with Gasteiger partial charge in [0.25, 0.3) is 0 Å². The number of alkyl halides is 6. The van der Waals surface area contributed by atoms with E-state index in [-0.39, 0.29) is 6.08 Å². The van der Waals surface area contributed by atoms with Crippen molar-refractivity contribution >= 4 is 11.8 Å². The molecule has 0 saturated heterocycles. The third kappa shape index (κ3) is 6.29. The van der Waals surface area contributed by atoms with Crippen molar-refractivity contribution < 1.29 is 36.6 Å². The van der Waals surface area contributed by atoms with Crippen LogP contribution in [0.25, 0.3) is 0 Å². The lowest BCUT2D eigenvalue weighted by Gasteiger charge is -2.18. The molecule has 0 unspecified atom stereocenters. The highest BCUT2D eigenvalue weighted by molar-refractivity contribution is 8.03. The Morgan fingerprint density at radius 1 is 1.00 bits per heavy atom. The predicted octanol–water partition coefficient (Wildman–Crippen LogP) is 3.90. The third-order valence-electron chi connectivity index (χ3n) is 2.44. The highest BCUT2D eigenvalue weighted by atomic mass is 32.2. The Labute approximate surface area is 126 Å². The molecule has 0 aliphatic heterocycles. The van der Waals surface area contributed by atoms with Gasteiger partial charge in [0, 0.05) is 11.3 Å². The maximum absolute atomic E-state index is 12.3. The fourth-order valence-corrected chi connectivity index (χ4v) is 2.39. The summed E-state index contributed by atoms with van der Waals surface area (Å²) in [6.07, 6.45) is -16.5. The summed E-state index contributed by atoms with van der Waals surface area (Å²) in [6.45, 7) is 0. The van der Waals surface area contributed by atoms with E-state index in [9.17, 15) is 26.3 Å². The van der Waals surface area contributed by atoms with Crippen LogP contribution in [0, 0.1) is 0 Å². The van der Waals surface area contributed by atoms with Crippen LogP contribution < -0.4 is 0 Å². The summed E-state index contributed by atoms with van der Waals surface area (Å²) in [5.74, 6) is 0. The molecule has 2 N–H and O–H groups in total. The first-order valence-electron chi connectivity index (χ1n) is 5.93. The van der Waals surface area contributed by atoms with Crippen molar-refractivity contribution in [1.82, 2.24) is 0 Å². The van der Waals surface area contributed by atoms with Crippen LogP contribution in [0.1, 0.15) is 6.42 Å². The maximum atomic E-state index is 12.3. The second-order valence-corrected chi connectivity index (χ2v) is 5.50. The summed E-state index contributed by atoms with van der Waals surface area (Å²) in [4.78, 5) is -0.0432. The molecule has 0 saturated carbocycles. The number of rotatable bonds is 5. The Morgan fingerprint density at radius 2 is 1.55 bits per heavy atom. The topological polar surface area (TPSA) is 40.5 Å². The average Bonchev–Trinajstić information content (AvgIpc) is 2.37. The van der Waals surface area contributed by atoms with Gasteiger partial charge in [-0.2, -0.15) is 26.3 Å². The van der Waals surface area contributed by atoms with Crippen molar-refractivity contribution in [2.75, 3.05) is 0 Å². The van der Waals surface area contributed by atoms with Crippen LogP contribution in [0.2, 0.25) is 0 Å². The van der Waals surface area contributed by atoms with Crippen LogP contribution in [-0.4, -0.2) is 34.8 Å². The van der Waals surface area contributed by atoms with Crippen LogP contribution in [0.15, 0.2) is 46.2 Å². The van der Waals surface area contributed by atoms with Gasteiger partial charge in [0.15, 0.2) is 12.2 Å². The van der Waals surface area contributed by atoms with E-state index in [2.05, 4.69) is 0 Å². The molecule has 1 rings (SSSR count). The molecular formula is C13H12F6O2S. The summed E-state index contributed by atoms with van der Waals surface area (Å²) in [7, 11) is 0. The van der Waals surface area contributed by atoms with Crippen molar-refractivity contribution in [1.29, 1.82) is 0 Å². The summed E-state index contributed by atoms with van der Waals surface area (Å²) < 4.78 is 74.0. The van der Waals surface area contributed by atoms with Crippen molar-refractivity contribution in [2.24, 2.45) is 0 Å². The van der Waals surface area contributed by atoms with E-state index in [0.29, 0.717) is 16.7 Å². The lowest BCUT2D eigenvalue weighted by atomic mass is 10.2. The molecule has 0 spiro atoms. The summed E-state index contributed by atoms with van der Waals surface area (Å²) in [5, 5.41) is 18.0. The Kier molecular flexibility index (Phi) is 6.33. The minimum Gasteiger partial charge on any atom is -0.383 e. The fourth-order valence-electron chi connectivity index (χ4n) is 1.36. The van der Waals surface area contributed by atoms with Gasteiger partial charge < -0.3 is 10.2 Å². The molecule has 2 atom stereocenters. The Morgan fingerprint density at radius 3 is 2.00 bits per heavy atom. The molecule has 0 fully saturated rings. The molecule has 0 aliphatic rings. The van der Waals surface area contributed by atoms with E-state index in [4.69, 9.17) is 10.2 Å². The second kappa shape index (κ2) is 7.38. The average molecular weight is 346 g/mol. The SMILES string of the molecule is O[C@@H](/C=C(\C[C@H](O)C(F)(F)F)Sc1ccccc1)C(F)(F)F. The van der Waals surface area contributed by atoms with Gasteiger partial charge in [0.05, 0.1) is 0 Å². The first kappa shape index (κ1) is 18.9. The molecule has 0 bridgehead atoms. The monoisotopic (exact) mass is 346 g/mol. The predicted molar refractivity (Wildman–Crippen MR) is 69.1 cm³/mol. The van der Waals surface area contributed by atoms with Gasteiger partial charge in [0.2, 0.25) is 0 Å². The van der Waals surface area contributed by atoms with Gasteiger partial charge in [-0.3, -0.25) is 0 Å². The second-order valence-electron chi connectivity index (χ2n) is 4.30. The van der Waals surface area contributed by atoms with E-state index in [1.807, 2.05) is 0 Å². The molecule has 0 radical (unpaired) electrons. The molecule has 0 aromatic heterocycles. The molecule has 9 heteroatoms. The Bertz CT molecular complexity index is 497. The normalized spacial score (nSPS) is 16.5. The van der Waals surface area contributed by atoms with E-state index in [1.54, 1.807) is 18.2 Å². The van der Waals surface area contributed by atoms with Crippen LogP contribution >= 0.6 is 11.8 Å². The van der Waals surface area contributed by atoms with Gasteiger partial charge in [-0.05, 0) is 23.1 Å². The molecule has 1 aromatic rings. The Hall–Kier alpha value is -1.19. The Balaban J connectivity index is 2.97. The smallest absolute Gasteiger partial charge is 0.383 e. The fraction of sp³-hybridized carbons (Fsp3) is 0.385. The first-order chi connectivity index (χ1) is 10.00. The highest BCUT2D eigenvalue weighted by Crippen LogP contribution is 2.35. The number of thioether (sulfide) groups is 1. The van der Waals surface area contributed by atoms with Crippen LogP contribution in [0.4, 0.5) is 26.3 Å². The summed E-state index contributed by atoms with van der Waals surface area (Å²) >= 11 is 0.619. The van der Waals surface area contributed by atoms with Crippen LogP contribution in [0.5, 0.6) is 0 Å². The van der Waals surface area contributed by atoms with Crippen molar-refractivity contribution in [3.05, 3.63) is 41.3 Å². The lowest BCUT2D eigenvalue weighted by molar-refractivity contribution is -0.202. The maximum Gasteiger partial charge on any atom is 0.418 e. The minimum absolute atomic E-state index is 0.270. The van der Waals surface area contributed by atoms with Gasteiger partial charge in [0.1, 0.15) is 0 Å². The van der Waals surface area contributed by atoms with Gasteiger partial charge in [-0.25, -0.2) is 0 Å². The molecule has 2 nitrogen and oxygen atoms in total. The van der Waals surface area contributed by atoms with Crippen molar-refractivity contribution in [3.63, 3.8) is 0 Å². The number of benzene rings is 1. The van der Waals surface area contributed by atoms with E-state index < -0.39 is 35.9 Å². The molecule has 0 amide bonds. The van der Waals surface area contributed by atoms with Crippen molar-refractivity contribution in [3.8, 4) is 0 Å². The van der Waals surface area contributed by atoms with E-state index in [1.165, 1.54) is 12.1 Å². The quantitative estimate of drug-likeness (QED) is 0.628. The minimum atomic E-state index is -4.99. The number of hydrogen-bond donors (Lipinski definition) is 2. The molecule has 0 heterocycles. The summed E-state index contributed by atoms with van der Waals surface area (Å²) in [5.41, 5.74) is 0. The van der Waals surface area contributed by atoms with Crippen LogP contribution in [0.3, 0.4) is 0 Å². The zero-order chi connectivity index (χ0) is 17.0. The molecule has 1 aromatic carbocycles. The van der Waals surface area contributed by atoms with Gasteiger partial charge in [-0.1, -0.05) is 30.0 Å². The zero-order valence-electron chi connectivity index (χ0n) is 10.9. The molecular weight excluding hydrogens is 334 g/mol. The van der Waals surface area contributed by atoms with Crippen molar-refractivity contribution in [2.45, 2.75) is 35.9 Å². The van der Waals surface area contributed by atoms with Gasteiger partial charge in [-0.15, -0.1) is 0 Å². The first-order valence-corrected chi connectivity index (χ1v) is 6.75. The molecule has 0 aliphatic carbocycles. The van der Waals surface area contributed by atoms with Crippen LogP contribution in [-0.2, 0) is 0 Å². The standard InChI is InChI=1S/C13H12F6O2S/c14-12(15,16)10(20)6-9(7-11(21)13(17,18)19)22-8-4-2-1-3-5-8/h1-6,10-11,20-21H,7H2/b9-6+/t10-,11-/m0/s1. The highest BCUT2D eigenvalue weighted by Gasteiger charge is 2.40.